The lowest BCUT2D eigenvalue weighted by Gasteiger charge is -2.13. The molecular formula is C28H29ClN4O5. The average molecular weight is 537 g/mol. The molecule has 0 aliphatic heterocycles. The third-order valence-electron chi connectivity index (χ3n) is 5.34. The number of hydrazone groups is 1. The van der Waals surface area contributed by atoms with E-state index < -0.39 is 11.8 Å². The van der Waals surface area contributed by atoms with E-state index in [9.17, 15) is 14.4 Å². The molecule has 3 aromatic carbocycles. The van der Waals surface area contributed by atoms with Crippen LogP contribution in [0.3, 0.4) is 0 Å². The summed E-state index contributed by atoms with van der Waals surface area (Å²) in [7, 11) is 1.42. The maximum atomic E-state index is 12.2. The summed E-state index contributed by atoms with van der Waals surface area (Å²) < 4.78 is 10.9. The monoisotopic (exact) mass is 536 g/mol. The maximum Gasteiger partial charge on any atom is 0.329 e. The third-order valence-corrected chi connectivity index (χ3v) is 5.62. The fourth-order valence-corrected chi connectivity index (χ4v) is 3.58. The number of nitrogens with zero attached hydrogens (tertiary/aromatic N) is 1. The topological polar surface area (TPSA) is 118 Å². The van der Waals surface area contributed by atoms with Crippen LogP contribution < -0.4 is 25.5 Å². The fourth-order valence-electron chi connectivity index (χ4n) is 3.31. The number of anilines is 1. The molecule has 0 spiro atoms. The molecule has 38 heavy (non-hydrogen) atoms. The Morgan fingerprint density at radius 1 is 1.00 bits per heavy atom. The molecule has 0 saturated carbocycles. The molecule has 0 fully saturated rings. The molecule has 3 rings (SSSR count). The van der Waals surface area contributed by atoms with Gasteiger partial charge in [0.2, 0.25) is 0 Å². The lowest BCUT2D eigenvalue weighted by atomic mass is 10.0. The fraction of sp³-hybridized carbons (Fsp3) is 0.214. The van der Waals surface area contributed by atoms with Crippen molar-refractivity contribution in [2.45, 2.75) is 26.3 Å². The number of benzene rings is 3. The number of para-hydroxylation sites is 1. The molecule has 0 aliphatic rings. The van der Waals surface area contributed by atoms with Gasteiger partial charge in [0.15, 0.2) is 18.1 Å². The van der Waals surface area contributed by atoms with Crippen LogP contribution in [-0.2, 0) is 20.9 Å². The Balaban J connectivity index is 1.52. The minimum Gasteiger partial charge on any atom is -0.493 e. The van der Waals surface area contributed by atoms with Crippen LogP contribution in [0, 0.1) is 0 Å². The molecule has 0 unspecified atom stereocenters. The number of rotatable bonds is 10. The summed E-state index contributed by atoms with van der Waals surface area (Å²) in [6.07, 6.45) is 1.30. The van der Waals surface area contributed by atoms with Gasteiger partial charge < -0.3 is 20.1 Å². The molecule has 0 atom stereocenters. The van der Waals surface area contributed by atoms with Gasteiger partial charge in [0, 0.05) is 12.2 Å². The van der Waals surface area contributed by atoms with Crippen molar-refractivity contribution in [1.82, 2.24) is 10.7 Å². The zero-order chi connectivity index (χ0) is 27.5. The van der Waals surface area contributed by atoms with Crippen molar-refractivity contribution in [3.63, 3.8) is 0 Å². The van der Waals surface area contributed by atoms with E-state index in [4.69, 9.17) is 21.1 Å². The van der Waals surface area contributed by atoms with Gasteiger partial charge in [0.25, 0.3) is 5.91 Å². The molecule has 0 radical (unpaired) electrons. The Bertz CT molecular complexity index is 1290. The maximum absolute atomic E-state index is 12.2. The number of nitrogens with one attached hydrogen (secondary N) is 3. The molecule has 0 bridgehead atoms. The van der Waals surface area contributed by atoms with Crippen molar-refractivity contribution in [1.29, 1.82) is 0 Å². The molecule has 9 nitrogen and oxygen atoms in total. The van der Waals surface area contributed by atoms with E-state index in [1.807, 2.05) is 30.3 Å². The molecule has 0 aromatic heterocycles. The smallest absolute Gasteiger partial charge is 0.329 e. The summed E-state index contributed by atoms with van der Waals surface area (Å²) >= 11 is 6.33. The Hall–Kier alpha value is -4.37. The van der Waals surface area contributed by atoms with Gasteiger partial charge >= 0.3 is 11.8 Å². The molecule has 3 amide bonds. The summed E-state index contributed by atoms with van der Waals surface area (Å²) in [5.41, 5.74) is 5.36. The third kappa shape index (κ3) is 8.35. The van der Waals surface area contributed by atoms with Gasteiger partial charge in [-0.15, -0.1) is 0 Å². The zero-order valence-corrected chi connectivity index (χ0v) is 22.0. The van der Waals surface area contributed by atoms with Crippen LogP contribution in [0.4, 0.5) is 5.69 Å². The molecule has 0 heterocycles. The van der Waals surface area contributed by atoms with E-state index in [-0.39, 0.29) is 35.6 Å². The number of methoxy groups -OCH3 is 1. The highest BCUT2D eigenvalue weighted by atomic mass is 35.5. The van der Waals surface area contributed by atoms with Crippen LogP contribution in [-0.4, -0.2) is 37.7 Å². The highest BCUT2D eigenvalue weighted by Crippen LogP contribution is 2.36. The van der Waals surface area contributed by atoms with Gasteiger partial charge in [-0.2, -0.15) is 5.10 Å². The van der Waals surface area contributed by atoms with Gasteiger partial charge in [-0.05, 0) is 46.9 Å². The number of halogens is 1. The molecule has 3 aromatic rings. The zero-order valence-electron chi connectivity index (χ0n) is 21.3. The van der Waals surface area contributed by atoms with Gasteiger partial charge in [-0.1, -0.05) is 67.9 Å². The first-order valence-corrected chi connectivity index (χ1v) is 12.2. The Labute approximate surface area is 226 Å². The quantitative estimate of drug-likeness (QED) is 0.203. The number of hydrogen-bond acceptors (Lipinski definition) is 6. The van der Waals surface area contributed by atoms with E-state index in [0.717, 1.165) is 5.56 Å². The highest BCUT2D eigenvalue weighted by molar-refractivity contribution is 6.35. The lowest BCUT2D eigenvalue weighted by molar-refractivity contribution is -0.139. The van der Waals surface area contributed by atoms with Crippen LogP contribution in [0.5, 0.6) is 11.5 Å². The van der Waals surface area contributed by atoms with Crippen molar-refractivity contribution in [2.75, 3.05) is 19.0 Å². The first-order valence-electron chi connectivity index (χ1n) is 11.8. The summed E-state index contributed by atoms with van der Waals surface area (Å²) in [6, 6.07) is 19.8. The van der Waals surface area contributed by atoms with Crippen LogP contribution in [0.2, 0.25) is 5.02 Å². The molecular weight excluding hydrogens is 508 g/mol. The second-order valence-corrected chi connectivity index (χ2v) is 8.92. The van der Waals surface area contributed by atoms with Gasteiger partial charge in [-0.25, -0.2) is 5.43 Å². The molecule has 10 heteroatoms. The summed E-state index contributed by atoms with van der Waals surface area (Å²) in [6.45, 7) is 4.13. The number of hydrogen-bond donors (Lipinski definition) is 3. The SMILES string of the molecule is COc1cc(/C=N\NC(=O)C(=O)NCc2ccc(C(C)C)cc2)cc(Cl)c1OCC(=O)Nc1ccccc1. The molecule has 198 valence electrons. The van der Waals surface area contributed by atoms with E-state index in [0.29, 0.717) is 17.2 Å². The number of ether oxygens (including phenoxy) is 2. The lowest BCUT2D eigenvalue weighted by Crippen LogP contribution is -2.37. The predicted octanol–water partition coefficient (Wildman–Crippen LogP) is 4.26. The van der Waals surface area contributed by atoms with Crippen LogP contribution in [0.1, 0.15) is 36.5 Å². The van der Waals surface area contributed by atoms with Crippen molar-refractivity contribution in [3.05, 3.63) is 88.4 Å². The Morgan fingerprint density at radius 2 is 1.71 bits per heavy atom. The number of carbonyl (C=O) groups is 3. The summed E-state index contributed by atoms with van der Waals surface area (Å²) in [4.78, 5) is 36.3. The van der Waals surface area contributed by atoms with Crippen molar-refractivity contribution in [2.24, 2.45) is 5.10 Å². The highest BCUT2D eigenvalue weighted by Gasteiger charge is 2.15. The van der Waals surface area contributed by atoms with Gasteiger partial charge in [0.05, 0.1) is 18.3 Å². The second-order valence-electron chi connectivity index (χ2n) is 8.52. The van der Waals surface area contributed by atoms with Crippen LogP contribution in [0.25, 0.3) is 0 Å². The average Bonchev–Trinajstić information content (AvgIpc) is 2.91. The molecule has 3 N–H and O–H groups in total. The van der Waals surface area contributed by atoms with E-state index >= 15 is 0 Å². The second kappa shape index (κ2) is 13.8. The van der Waals surface area contributed by atoms with Crippen LogP contribution in [0.15, 0.2) is 71.8 Å². The van der Waals surface area contributed by atoms with Crippen molar-refractivity contribution in [3.8, 4) is 11.5 Å². The summed E-state index contributed by atoms with van der Waals surface area (Å²) in [5, 5.41) is 9.25. The minimum atomic E-state index is -0.914. The molecule has 0 aliphatic carbocycles. The number of amides is 3. The first kappa shape index (κ1) is 28.2. The normalized spacial score (nSPS) is 10.8. The predicted molar refractivity (Wildman–Crippen MR) is 147 cm³/mol. The standard InChI is InChI=1S/C28H29ClN4O5/c1-18(2)21-11-9-19(10-12-21)15-30-27(35)28(36)33-31-16-20-13-23(29)26(24(14-20)37-3)38-17-25(34)32-22-7-5-4-6-8-22/h4-14,16,18H,15,17H2,1-3H3,(H,30,35)(H,32,34)(H,33,36)/b31-16-. The largest absolute Gasteiger partial charge is 0.493 e. The Kier molecular flexibility index (Phi) is 10.2. The minimum absolute atomic E-state index is 0.172. The van der Waals surface area contributed by atoms with Gasteiger partial charge in [-0.3, -0.25) is 14.4 Å². The number of carbonyl (C=O) groups excluding carboxylic acids is 3. The van der Waals surface area contributed by atoms with Crippen molar-refractivity contribution >= 4 is 41.2 Å². The van der Waals surface area contributed by atoms with Crippen LogP contribution >= 0.6 is 11.6 Å². The van der Waals surface area contributed by atoms with Gasteiger partial charge in [0.1, 0.15) is 0 Å². The molecule has 0 saturated heterocycles. The van der Waals surface area contributed by atoms with E-state index in [2.05, 4.69) is 35.0 Å². The first-order chi connectivity index (χ1) is 18.3. The van der Waals surface area contributed by atoms with Crippen molar-refractivity contribution < 1.29 is 23.9 Å². The summed E-state index contributed by atoms with van der Waals surface area (Å²) in [5.74, 6) is -1.25. The van der Waals surface area contributed by atoms with E-state index in [1.165, 1.54) is 25.0 Å². The van der Waals surface area contributed by atoms with E-state index in [1.54, 1.807) is 30.3 Å². The Morgan fingerprint density at radius 3 is 2.37 bits per heavy atom.